The summed E-state index contributed by atoms with van der Waals surface area (Å²) in [6, 6.07) is 6.69. The van der Waals surface area contributed by atoms with E-state index in [9.17, 15) is 8.42 Å². The summed E-state index contributed by atoms with van der Waals surface area (Å²) >= 11 is 3.50. The quantitative estimate of drug-likeness (QED) is 0.221. The number of nitrogens with two attached hydrogens (primary N) is 1. The number of thiazole rings is 1. The van der Waals surface area contributed by atoms with Crippen molar-refractivity contribution in [2.75, 3.05) is 45.7 Å². The standard InChI is InChI=1S/C28H41N3O4S3/c1-5-8-25-26(9-6-2)37-27(30-25)36-21-7-19-35-23-10-12-24(13-11-23)38(32,33)28(22(3)29)14-16-31(17-15-28)18-20-34-4/h6,9-13H,3,5,7-8,14-21,29H2,1-2,4H3/b9-6-. The van der Waals surface area contributed by atoms with Crippen LogP contribution in [0.3, 0.4) is 0 Å². The third-order valence-corrected chi connectivity index (χ3v) is 11.7. The molecule has 1 saturated heterocycles. The molecule has 0 bridgehead atoms. The minimum Gasteiger partial charge on any atom is -0.494 e. The summed E-state index contributed by atoms with van der Waals surface area (Å²) in [6.07, 6.45) is 7.98. The molecule has 3 rings (SSSR count). The molecule has 10 heteroatoms. The topological polar surface area (TPSA) is 94.8 Å². The van der Waals surface area contributed by atoms with E-state index in [1.807, 2.05) is 6.92 Å². The van der Waals surface area contributed by atoms with Crippen LogP contribution in [0.5, 0.6) is 5.75 Å². The number of hydrogen-bond donors (Lipinski definition) is 1. The maximum atomic E-state index is 13.7. The number of aryl methyl sites for hydroxylation is 1. The summed E-state index contributed by atoms with van der Waals surface area (Å²) in [5.74, 6) is 1.56. The van der Waals surface area contributed by atoms with Gasteiger partial charge in [0.05, 0.1) is 28.7 Å². The van der Waals surface area contributed by atoms with Crippen molar-refractivity contribution in [3.8, 4) is 5.75 Å². The molecule has 1 fully saturated rings. The van der Waals surface area contributed by atoms with Crippen molar-refractivity contribution in [1.82, 2.24) is 9.88 Å². The van der Waals surface area contributed by atoms with Crippen LogP contribution in [-0.4, -0.2) is 68.8 Å². The molecule has 1 aliphatic rings. The maximum absolute atomic E-state index is 13.7. The average Bonchev–Trinajstić information content (AvgIpc) is 3.29. The van der Waals surface area contributed by atoms with Gasteiger partial charge in [0.2, 0.25) is 0 Å². The fraction of sp³-hybridized carbons (Fsp3) is 0.536. The van der Waals surface area contributed by atoms with E-state index >= 15 is 0 Å². The van der Waals surface area contributed by atoms with E-state index in [0.29, 0.717) is 44.9 Å². The van der Waals surface area contributed by atoms with Crippen molar-refractivity contribution in [3.05, 3.63) is 53.2 Å². The van der Waals surface area contributed by atoms with Gasteiger partial charge in [0.25, 0.3) is 0 Å². The molecule has 38 heavy (non-hydrogen) atoms. The molecule has 0 amide bonds. The molecule has 0 spiro atoms. The highest BCUT2D eigenvalue weighted by Crippen LogP contribution is 2.39. The van der Waals surface area contributed by atoms with Gasteiger partial charge in [-0.25, -0.2) is 13.4 Å². The molecule has 7 nitrogen and oxygen atoms in total. The monoisotopic (exact) mass is 579 g/mol. The van der Waals surface area contributed by atoms with Crippen molar-refractivity contribution < 1.29 is 17.9 Å². The molecule has 2 aromatic rings. The summed E-state index contributed by atoms with van der Waals surface area (Å²) in [5, 5.41) is 0. The number of likely N-dealkylation sites (tertiary alicyclic amines) is 1. The lowest BCUT2D eigenvalue weighted by Gasteiger charge is -2.41. The Labute approximate surface area is 236 Å². The Hall–Kier alpha value is -1.85. The fourth-order valence-electron chi connectivity index (χ4n) is 4.57. The van der Waals surface area contributed by atoms with Crippen LogP contribution in [-0.2, 0) is 21.0 Å². The van der Waals surface area contributed by atoms with Crippen molar-refractivity contribution in [2.24, 2.45) is 5.73 Å². The van der Waals surface area contributed by atoms with Crippen molar-refractivity contribution in [2.45, 2.75) is 59.9 Å². The molecular formula is C28H41N3O4S3. The van der Waals surface area contributed by atoms with Gasteiger partial charge >= 0.3 is 0 Å². The van der Waals surface area contributed by atoms with Gasteiger partial charge in [-0.2, -0.15) is 0 Å². The van der Waals surface area contributed by atoms with Gasteiger partial charge in [-0.15, -0.1) is 11.3 Å². The van der Waals surface area contributed by atoms with E-state index in [1.165, 1.54) is 10.6 Å². The van der Waals surface area contributed by atoms with E-state index < -0.39 is 14.6 Å². The Morgan fingerprint density at radius 3 is 2.58 bits per heavy atom. The van der Waals surface area contributed by atoms with E-state index in [2.05, 4.69) is 30.6 Å². The summed E-state index contributed by atoms with van der Waals surface area (Å²) in [6.45, 7) is 11.3. The Balaban J connectivity index is 1.53. The first kappa shape index (κ1) is 30.7. The van der Waals surface area contributed by atoms with Crippen LogP contribution in [0.15, 0.2) is 51.9 Å². The summed E-state index contributed by atoms with van der Waals surface area (Å²) in [4.78, 5) is 8.49. The average molecular weight is 580 g/mol. The first-order valence-electron chi connectivity index (χ1n) is 13.2. The molecular weight excluding hydrogens is 539 g/mol. The first-order chi connectivity index (χ1) is 18.3. The number of sulfone groups is 1. The number of methoxy groups -OCH3 is 1. The van der Waals surface area contributed by atoms with Crippen molar-refractivity contribution in [1.29, 1.82) is 0 Å². The molecule has 0 saturated carbocycles. The van der Waals surface area contributed by atoms with Gasteiger partial charge in [0.1, 0.15) is 10.5 Å². The smallest absolute Gasteiger partial charge is 0.189 e. The van der Waals surface area contributed by atoms with Gasteiger partial charge in [0, 0.05) is 38.2 Å². The maximum Gasteiger partial charge on any atom is 0.189 e. The van der Waals surface area contributed by atoms with Crippen LogP contribution >= 0.6 is 23.1 Å². The highest BCUT2D eigenvalue weighted by atomic mass is 32.2. The number of thioether (sulfide) groups is 1. The molecule has 1 aromatic heterocycles. The number of benzene rings is 1. The molecule has 2 heterocycles. The summed E-state index contributed by atoms with van der Waals surface area (Å²) in [7, 11) is -2.04. The molecule has 0 atom stereocenters. The van der Waals surface area contributed by atoms with Gasteiger partial charge in [-0.1, -0.05) is 37.8 Å². The van der Waals surface area contributed by atoms with Crippen LogP contribution in [0.4, 0.5) is 0 Å². The van der Waals surface area contributed by atoms with E-state index in [4.69, 9.17) is 20.2 Å². The lowest BCUT2D eigenvalue weighted by molar-refractivity contribution is 0.128. The molecule has 210 valence electrons. The van der Waals surface area contributed by atoms with Gasteiger partial charge in [0.15, 0.2) is 14.2 Å². The predicted molar refractivity (Wildman–Crippen MR) is 159 cm³/mol. The third-order valence-electron chi connectivity index (χ3n) is 6.80. The molecule has 0 aliphatic carbocycles. The second kappa shape index (κ2) is 14.5. The Morgan fingerprint density at radius 1 is 1.26 bits per heavy atom. The Kier molecular flexibility index (Phi) is 11.7. The van der Waals surface area contributed by atoms with Gasteiger partial charge in [-0.3, -0.25) is 0 Å². The lowest BCUT2D eigenvalue weighted by Crippen LogP contribution is -2.52. The normalized spacial score (nSPS) is 16.2. The van der Waals surface area contributed by atoms with E-state index in [0.717, 1.165) is 35.9 Å². The number of piperidine rings is 1. The zero-order valence-corrected chi connectivity index (χ0v) is 25.2. The van der Waals surface area contributed by atoms with Crippen LogP contribution in [0, 0.1) is 0 Å². The molecule has 1 aromatic carbocycles. The second-order valence-corrected chi connectivity index (χ2v) is 14.1. The van der Waals surface area contributed by atoms with Crippen LogP contribution in [0.2, 0.25) is 0 Å². The molecule has 2 N–H and O–H groups in total. The first-order valence-corrected chi connectivity index (χ1v) is 16.4. The fourth-order valence-corrected chi connectivity index (χ4v) is 8.76. The number of ether oxygens (including phenoxy) is 2. The van der Waals surface area contributed by atoms with Gasteiger partial charge < -0.3 is 20.1 Å². The van der Waals surface area contributed by atoms with Crippen molar-refractivity contribution >= 4 is 39.0 Å². The predicted octanol–water partition coefficient (Wildman–Crippen LogP) is 5.42. The zero-order valence-electron chi connectivity index (χ0n) is 22.8. The van der Waals surface area contributed by atoms with E-state index in [1.54, 1.807) is 54.5 Å². The van der Waals surface area contributed by atoms with Crippen molar-refractivity contribution in [3.63, 3.8) is 0 Å². The van der Waals surface area contributed by atoms with Gasteiger partial charge in [-0.05, 0) is 62.9 Å². The minimum absolute atomic E-state index is 0.210. The second-order valence-electron chi connectivity index (χ2n) is 9.42. The third kappa shape index (κ3) is 7.41. The van der Waals surface area contributed by atoms with E-state index in [-0.39, 0.29) is 10.6 Å². The van der Waals surface area contributed by atoms with Crippen LogP contribution in [0.1, 0.15) is 50.1 Å². The highest BCUT2D eigenvalue weighted by Gasteiger charge is 2.48. The van der Waals surface area contributed by atoms with Crippen LogP contribution < -0.4 is 10.5 Å². The number of nitrogens with zero attached hydrogens (tertiary/aromatic N) is 2. The Morgan fingerprint density at radius 2 is 1.97 bits per heavy atom. The number of rotatable bonds is 15. The highest BCUT2D eigenvalue weighted by molar-refractivity contribution is 8.01. The molecule has 1 aliphatic heterocycles. The van der Waals surface area contributed by atoms with Crippen LogP contribution in [0.25, 0.3) is 6.08 Å². The lowest BCUT2D eigenvalue weighted by atomic mass is 9.93. The number of aromatic nitrogens is 1. The molecule has 0 unspecified atom stereocenters. The molecule has 0 radical (unpaired) electrons. The summed E-state index contributed by atoms with van der Waals surface area (Å²) in [5.41, 5.74) is 7.52. The summed E-state index contributed by atoms with van der Waals surface area (Å²) < 4.78 is 38.4. The number of hydrogen-bond acceptors (Lipinski definition) is 9. The minimum atomic E-state index is -3.71. The largest absolute Gasteiger partial charge is 0.494 e. The number of allylic oxidation sites excluding steroid dienone is 1. The Bertz CT molecular complexity index is 1170. The zero-order chi connectivity index (χ0) is 27.6. The SMILES string of the molecule is C=C(N)C1(S(=O)(=O)c2ccc(OCCCSc3nc(CCC)c(/C=C\C)s3)cc2)CCN(CCOC)CC1.